The van der Waals surface area contributed by atoms with Gasteiger partial charge in [0.15, 0.2) is 0 Å². The summed E-state index contributed by atoms with van der Waals surface area (Å²) in [6.07, 6.45) is 7.86. The Kier molecular flexibility index (Phi) is 4.82. The number of hydrogen-bond acceptors (Lipinski definition) is 1. The molecule has 2 N–H and O–H groups in total. The first-order valence-electron chi connectivity index (χ1n) is 7.50. The summed E-state index contributed by atoms with van der Waals surface area (Å²) in [6.45, 7) is 4.45. The monoisotopic (exact) mass is 245 g/mol. The maximum Gasteiger partial charge on any atom is 0.0108 e. The molecular weight excluding hydrogens is 218 g/mol. The van der Waals surface area contributed by atoms with Gasteiger partial charge in [-0.25, -0.2) is 0 Å². The van der Waals surface area contributed by atoms with Crippen LogP contribution in [-0.4, -0.2) is 6.04 Å². The number of aryl methyl sites for hydroxylation is 1. The van der Waals surface area contributed by atoms with Gasteiger partial charge in [-0.3, -0.25) is 0 Å². The molecule has 1 aliphatic rings. The molecule has 1 aromatic carbocycles. The Morgan fingerprint density at radius 3 is 2.61 bits per heavy atom. The Labute approximate surface area is 112 Å². The van der Waals surface area contributed by atoms with Crippen LogP contribution in [0.25, 0.3) is 0 Å². The van der Waals surface area contributed by atoms with Crippen molar-refractivity contribution in [3.8, 4) is 0 Å². The van der Waals surface area contributed by atoms with Gasteiger partial charge in [0, 0.05) is 6.04 Å². The lowest BCUT2D eigenvalue weighted by Crippen LogP contribution is -2.35. The van der Waals surface area contributed by atoms with E-state index < -0.39 is 0 Å². The largest absolute Gasteiger partial charge is 0.327 e. The molecule has 0 aromatic heterocycles. The van der Waals surface area contributed by atoms with Crippen LogP contribution in [0.2, 0.25) is 0 Å². The number of nitrogens with two attached hydrogens (primary N) is 1. The Hall–Kier alpha value is -0.820. The lowest BCUT2D eigenvalue weighted by atomic mass is 9.76. The molecule has 0 bridgehead atoms. The topological polar surface area (TPSA) is 26.0 Å². The predicted octanol–water partition coefficient (Wildman–Crippen LogP) is 4.08. The van der Waals surface area contributed by atoms with Crippen molar-refractivity contribution in [3.63, 3.8) is 0 Å². The molecule has 0 amide bonds. The molecule has 0 heterocycles. The van der Waals surface area contributed by atoms with Gasteiger partial charge in [0.1, 0.15) is 0 Å². The first-order valence-corrected chi connectivity index (χ1v) is 7.50. The molecule has 1 heteroatoms. The smallest absolute Gasteiger partial charge is 0.0108 e. The summed E-state index contributed by atoms with van der Waals surface area (Å²) < 4.78 is 0. The van der Waals surface area contributed by atoms with E-state index in [4.69, 9.17) is 5.73 Å². The second kappa shape index (κ2) is 6.38. The van der Waals surface area contributed by atoms with Crippen LogP contribution in [0.5, 0.6) is 0 Å². The summed E-state index contributed by atoms with van der Waals surface area (Å²) in [5.74, 6) is 1.66. The summed E-state index contributed by atoms with van der Waals surface area (Å²) in [5, 5.41) is 0. The first kappa shape index (κ1) is 13.6. The van der Waals surface area contributed by atoms with Gasteiger partial charge in [0.25, 0.3) is 0 Å². The standard InChI is InChI=1S/C17H27N/c1-3-14-5-4-6-16(11-14)17(18)12-15-9-7-13(2)8-10-15/h7-10,14,16-17H,3-6,11-12,18H2,1-2H3. The van der Waals surface area contributed by atoms with Crippen molar-refractivity contribution >= 4 is 0 Å². The van der Waals surface area contributed by atoms with Crippen molar-refractivity contribution in [1.29, 1.82) is 0 Å². The van der Waals surface area contributed by atoms with Gasteiger partial charge in [-0.2, -0.15) is 0 Å². The summed E-state index contributed by atoms with van der Waals surface area (Å²) in [4.78, 5) is 0. The third-order valence-corrected chi connectivity index (χ3v) is 4.60. The first-order chi connectivity index (χ1) is 8.69. The summed E-state index contributed by atoms with van der Waals surface area (Å²) >= 11 is 0. The molecule has 0 saturated heterocycles. The van der Waals surface area contributed by atoms with Crippen LogP contribution in [0, 0.1) is 18.8 Å². The molecule has 18 heavy (non-hydrogen) atoms. The highest BCUT2D eigenvalue weighted by molar-refractivity contribution is 5.22. The summed E-state index contributed by atoms with van der Waals surface area (Å²) in [5.41, 5.74) is 9.16. The third-order valence-electron chi connectivity index (χ3n) is 4.60. The molecule has 3 unspecified atom stereocenters. The Balaban J connectivity index is 1.90. The van der Waals surface area contributed by atoms with E-state index in [0.717, 1.165) is 18.3 Å². The van der Waals surface area contributed by atoms with Crippen LogP contribution < -0.4 is 5.73 Å². The molecule has 3 atom stereocenters. The summed E-state index contributed by atoms with van der Waals surface area (Å²) in [7, 11) is 0. The molecule has 1 fully saturated rings. The molecule has 1 nitrogen and oxygen atoms in total. The highest BCUT2D eigenvalue weighted by Gasteiger charge is 2.25. The quantitative estimate of drug-likeness (QED) is 0.850. The average Bonchev–Trinajstić information content (AvgIpc) is 2.41. The van der Waals surface area contributed by atoms with Crippen molar-refractivity contribution < 1.29 is 0 Å². The number of rotatable bonds is 4. The lowest BCUT2D eigenvalue weighted by molar-refractivity contribution is 0.228. The molecule has 2 rings (SSSR count). The molecule has 100 valence electrons. The highest BCUT2D eigenvalue weighted by Crippen LogP contribution is 2.33. The van der Waals surface area contributed by atoms with Crippen LogP contribution in [0.1, 0.15) is 50.2 Å². The lowest BCUT2D eigenvalue weighted by Gasteiger charge is -2.32. The highest BCUT2D eigenvalue weighted by atomic mass is 14.7. The van der Waals surface area contributed by atoms with Gasteiger partial charge in [-0.15, -0.1) is 0 Å². The van der Waals surface area contributed by atoms with Crippen molar-refractivity contribution in [2.45, 2.75) is 58.4 Å². The van der Waals surface area contributed by atoms with Gasteiger partial charge in [0.05, 0.1) is 0 Å². The van der Waals surface area contributed by atoms with Crippen LogP contribution in [-0.2, 0) is 6.42 Å². The van der Waals surface area contributed by atoms with Gasteiger partial charge >= 0.3 is 0 Å². The zero-order valence-corrected chi connectivity index (χ0v) is 11.9. The van der Waals surface area contributed by atoms with Crippen molar-refractivity contribution in [1.82, 2.24) is 0 Å². The van der Waals surface area contributed by atoms with Crippen molar-refractivity contribution in [2.75, 3.05) is 0 Å². The third kappa shape index (κ3) is 3.58. The molecule has 1 aliphatic carbocycles. The minimum atomic E-state index is 0.349. The normalized spacial score (nSPS) is 25.9. The van der Waals surface area contributed by atoms with E-state index in [-0.39, 0.29) is 0 Å². The van der Waals surface area contributed by atoms with Gasteiger partial charge in [-0.1, -0.05) is 56.0 Å². The zero-order valence-electron chi connectivity index (χ0n) is 11.9. The summed E-state index contributed by atoms with van der Waals surface area (Å²) in [6, 6.07) is 9.20. The van der Waals surface area contributed by atoms with Crippen LogP contribution in [0.15, 0.2) is 24.3 Å². The fourth-order valence-electron chi connectivity index (χ4n) is 3.26. The van der Waals surface area contributed by atoms with E-state index in [1.165, 1.54) is 43.2 Å². The fourth-order valence-corrected chi connectivity index (χ4v) is 3.26. The average molecular weight is 245 g/mol. The maximum absolute atomic E-state index is 6.44. The van der Waals surface area contributed by atoms with E-state index in [1.54, 1.807) is 0 Å². The zero-order chi connectivity index (χ0) is 13.0. The molecule has 1 aromatic rings. The van der Waals surface area contributed by atoms with Crippen LogP contribution in [0.4, 0.5) is 0 Å². The fraction of sp³-hybridized carbons (Fsp3) is 0.647. The second-order valence-corrected chi connectivity index (χ2v) is 6.05. The van der Waals surface area contributed by atoms with E-state index in [2.05, 4.69) is 38.1 Å². The van der Waals surface area contributed by atoms with Crippen molar-refractivity contribution in [3.05, 3.63) is 35.4 Å². The molecule has 0 aliphatic heterocycles. The molecular formula is C17H27N. The van der Waals surface area contributed by atoms with E-state index >= 15 is 0 Å². The minimum absolute atomic E-state index is 0.349. The predicted molar refractivity (Wildman–Crippen MR) is 78.6 cm³/mol. The van der Waals surface area contributed by atoms with Crippen LogP contribution in [0.3, 0.4) is 0 Å². The SMILES string of the molecule is CCC1CCCC(C(N)Cc2ccc(C)cc2)C1. The van der Waals surface area contributed by atoms with E-state index in [1.807, 2.05) is 0 Å². The molecule has 0 spiro atoms. The molecule has 0 radical (unpaired) electrons. The van der Waals surface area contributed by atoms with Crippen LogP contribution >= 0.6 is 0 Å². The number of benzene rings is 1. The Morgan fingerprint density at radius 1 is 1.22 bits per heavy atom. The van der Waals surface area contributed by atoms with E-state index in [0.29, 0.717) is 6.04 Å². The number of hydrogen-bond donors (Lipinski definition) is 1. The second-order valence-electron chi connectivity index (χ2n) is 6.05. The Bertz CT molecular complexity index is 354. The van der Waals surface area contributed by atoms with Gasteiger partial charge in [-0.05, 0) is 43.6 Å². The van der Waals surface area contributed by atoms with Crippen molar-refractivity contribution in [2.24, 2.45) is 17.6 Å². The van der Waals surface area contributed by atoms with Gasteiger partial charge in [0.2, 0.25) is 0 Å². The minimum Gasteiger partial charge on any atom is -0.327 e. The molecule has 1 saturated carbocycles. The Morgan fingerprint density at radius 2 is 1.94 bits per heavy atom. The van der Waals surface area contributed by atoms with E-state index in [9.17, 15) is 0 Å². The van der Waals surface area contributed by atoms with Gasteiger partial charge < -0.3 is 5.73 Å². The maximum atomic E-state index is 6.44.